The molecule has 33 heavy (non-hydrogen) atoms. The molecule has 0 aliphatic carbocycles. The Bertz CT molecular complexity index is 1160. The molecule has 1 aliphatic rings. The van der Waals surface area contributed by atoms with E-state index in [0.29, 0.717) is 17.9 Å². The van der Waals surface area contributed by atoms with Crippen LogP contribution in [0.25, 0.3) is 0 Å². The standard InChI is InChI=1S/C23H25FN6O3/c1-14(2)33-18-8-5-16(6-9-18)26-21-19(24)12-25-22(28-21)27-17-7-10-20-15(11-17)13-29(3)30(20)23(31)32-4/h5-12,14H,13H2,1-4H3,(H2,25,26,27,28). The molecular formula is C23H25FN6O3. The molecule has 172 valence electrons. The maximum absolute atomic E-state index is 14.3. The number of fused-ring (bicyclic) bond motifs is 1. The summed E-state index contributed by atoms with van der Waals surface area (Å²) in [6.07, 6.45) is 0.715. The Morgan fingerprint density at radius 1 is 1.12 bits per heavy atom. The van der Waals surface area contributed by atoms with Crippen LogP contribution in [0, 0.1) is 5.82 Å². The highest BCUT2D eigenvalue weighted by Crippen LogP contribution is 2.33. The molecule has 1 aliphatic heterocycles. The molecule has 0 saturated heterocycles. The molecule has 1 aromatic heterocycles. The van der Waals surface area contributed by atoms with Crippen LogP contribution < -0.4 is 20.4 Å². The summed E-state index contributed by atoms with van der Waals surface area (Å²) in [5.74, 6) is 0.430. The Labute approximate surface area is 191 Å². The van der Waals surface area contributed by atoms with E-state index in [0.717, 1.165) is 23.2 Å². The van der Waals surface area contributed by atoms with Gasteiger partial charge >= 0.3 is 6.09 Å². The molecule has 0 fully saturated rings. The number of halogens is 1. The summed E-state index contributed by atoms with van der Waals surface area (Å²) in [4.78, 5) is 20.3. The first-order valence-electron chi connectivity index (χ1n) is 10.4. The van der Waals surface area contributed by atoms with Crippen molar-refractivity contribution in [2.45, 2.75) is 26.5 Å². The number of aromatic nitrogens is 2. The van der Waals surface area contributed by atoms with E-state index in [4.69, 9.17) is 9.47 Å². The largest absolute Gasteiger partial charge is 0.491 e. The predicted molar refractivity (Wildman–Crippen MR) is 124 cm³/mol. The highest BCUT2D eigenvalue weighted by atomic mass is 19.1. The van der Waals surface area contributed by atoms with E-state index in [2.05, 4.69) is 20.6 Å². The number of amides is 1. The fourth-order valence-electron chi connectivity index (χ4n) is 3.49. The number of anilines is 5. The second-order valence-corrected chi connectivity index (χ2v) is 7.77. The van der Waals surface area contributed by atoms with Crippen molar-refractivity contribution >= 4 is 34.9 Å². The second-order valence-electron chi connectivity index (χ2n) is 7.77. The molecule has 0 bridgehead atoms. The van der Waals surface area contributed by atoms with Crippen molar-refractivity contribution in [1.29, 1.82) is 0 Å². The third-order valence-electron chi connectivity index (χ3n) is 4.88. The van der Waals surface area contributed by atoms with Crippen LogP contribution in [-0.4, -0.2) is 41.3 Å². The zero-order valence-corrected chi connectivity index (χ0v) is 18.8. The first-order chi connectivity index (χ1) is 15.8. The Morgan fingerprint density at radius 3 is 2.55 bits per heavy atom. The number of carbonyl (C=O) groups is 1. The van der Waals surface area contributed by atoms with Crippen molar-refractivity contribution in [3.05, 3.63) is 60.0 Å². The lowest BCUT2D eigenvalue weighted by atomic mass is 10.1. The maximum Gasteiger partial charge on any atom is 0.428 e. The zero-order valence-electron chi connectivity index (χ0n) is 18.8. The molecule has 3 aromatic rings. The van der Waals surface area contributed by atoms with Crippen molar-refractivity contribution in [1.82, 2.24) is 15.0 Å². The molecule has 0 radical (unpaired) electrons. The SMILES string of the molecule is COC(=O)N1c2ccc(Nc3ncc(F)c(Nc4ccc(OC(C)C)cc4)n3)cc2CN1C. The number of hydrazine groups is 1. The topological polar surface area (TPSA) is 91.8 Å². The van der Waals surface area contributed by atoms with Gasteiger partial charge in [0.05, 0.1) is 25.1 Å². The average molecular weight is 452 g/mol. The second kappa shape index (κ2) is 9.29. The van der Waals surface area contributed by atoms with Crippen LogP contribution >= 0.6 is 0 Å². The molecule has 0 spiro atoms. The van der Waals surface area contributed by atoms with Crippen molar-refractivity contribution < 1.29 is 18.7 Å². The van der Waals surface area contributed by atoms with E-state index in [-0.39, 0.29) is 17.9 Å². The molecule has 2 aromatic carbocycles. The van der Waals surface area contributed by atoms with E-state index in [1.165, 1.54) is 12.1 Å². The number of benzene rings is 2. The Kier molecular flexibility index (Phi) is 6.27. The van der Waals surface area contributed by atoms with Gasteiger partial charge in [-0.25, -0.2) is 24.2 Å². The van der Waals surface area contributed by atoms with Crippen LogP contribution in [-0.2, 0) is 11.3 Å². The number of hydrogen-bond acceptors (Lipinski definition) is 8. The van der Waals surface area contributed by atoms with Crippen LogP contribution in [0.2, 0.25) is 0 Å². The highest BCUT2D eigenvalue weighted by molar-refractivity contribution is 5.89. The van der Waals surface area contributed by atoms with Gasteiger partial charge in [0.15, 0.2) is 11.6 Å². The number of methoxy groups -OCH3 is 1. The number of ether oxygens (including phenoxy) is 2. The average Bonchev–Trinajstić information content (AvgIpc) is 3.11. The van der Waals surface area contributed by atoms with E-state index in [1.54, 1.807) is 42.4 Å². The number of hydrogen-bond donors (Lipinski definition) is 2. The molecule has 1 amide bonds. The van der Waals surface area contributed by atoms with Crippen LogP contribution in [0.1, 0.15) is 19.4 Å². The fraction of sp³-hybridized carbons (Fsp3) is 0.261. The summed E-state index contributed by atoms with van der Waals surface area (Å²) in [6.45, 7) is 4.43. The van der Waals surface area contributed by atoms with E-state index in [1.807, 2.05) is 26.0 Å². The fourth-order valence-corrected chi connectivity index (χ4v) is 3.49. The molecule has 9 nitrogen and oxygen atoms in total. The monoisotopic (exact) mass is 452 g/mol. The molecule has 10 heteroatoms. The zero-order chi connectivity index (χ0) is 23.5. The van der Waals surface area contributed by atoms with E-state index < -0.39 is 11.9 Å². The number of nitrogens with zero attached hydrogens (tertiary/aromatic N) is 4. The first kappa shape index (κ1) is 22.3. The molecule has 4 rings (SSSR count). The Morgan fingerprint density at radius 2 is 1.85 bits per heavy atom. The van der Waals surface area contributed by atoms with Crippen LogP contribution in [0.3, 0.4) is 0 Å². The molecule has 0 unspecified atom stereocenters. The van der Waals surface area contributed by atoms with Crippen LogP contribution in [0.4, 0.5) is 38.0 Å². The summed E-state index contributed by atoms with van der Waals surface area (Å²) in [5, 5.41) is 9.28. The summed E-state index contributed by atoms with van der Waals surface area (Å²) in [6, 6.07) is 12.7. The molecule has 0 atom stereocenters. The third-order valence-corrected chi connectivity index (χ3v) is 4.88. The highest BCUT2D eigenvalue weighted by Gasteiger charge is 2.30. The number of carbonyl (C=O) groups excluding carboxylic acids is 1. The van der Waals surface area contributed by atoms with Gasteiger partial charge in [0.25, 0.3) is 0 Å². The number of nitrogens with one attached hydrogen (secondary N) is 2. The summed E-state index contributed by atoms with van der Waals surface area (Å²) in [7, 11) is 3.14. The van der Waals surface area contributed by atoms with E-state index in [9.17, 15) is 9.18 Å². The normalized spacial score (nSPS) is 13.1. The third kappa shape index (κ3) is 4.96. The Balaban J connectivity index is 1.50. The summed E-state index contributed by atoms with van der Waals surface area (Å²) in [5.41, 5.74) is 3.04. The Hall–Kier alpha value is -3.92. The van der Waals surface area contributed by atoms with E-state index >= 15 is 0 Å². The minimum atomic E-state index is -0.577. The molecular weight excluding hydrogens is 427 g/mol. The van der Waals surface area contributed by atoms with Gasteiger partial charge in [-0.3, -0.25) is 0 Å². The number of rotatable bonds is 6. The predicted octanol–water partition coefficient (Wildman–Crippen LogP) is 4.82. The van der Waals surface area contributed by atoms with Gasteiger partial charge in [-0.2, -0.15) is 4.98 Å². The lowest BCUT2D eigenvalue weighted by Crippen LogP contribution is -2.39. The first-order valence-corrected chi connectivity index (χ1v) is 10.4. The van der Waals surface area contributed by atoms with Gasteiger partial charge in [0.1, 0.15) is 5.75 Å². The summed E-state index contributed by atoms with van der Waals surface area (Å²) >= 11 is 0. The molecule has 2 heterocycles. The van der Waals surface area contributed by atoms with Gasteiger partial charge in [0.2, 0.25) is 5.95 Å². The van der Waals surface area contributed by atoms with Crippen molar-refractivity contribution in [2.24, 2.45) is 0 Å². The molecule has 0 saturated carbocycles. The quantitative estimate of drug-likeness (QED) is 0.550. The lowest BCUT2D eigenvalue weighted by Gasteiger charge is -2.22. The van der Waals surface area contributed by atoms with Gasteiger partial charge < -0.3 is 20.1 Å². The van der Waals surface area contributed by atoms with Crippen molar-refractivity contribution in [3.63, 3.8) is 0 Å². The van der Waals surface area contributed by atoms with Crippen LogP contribution in [0.5, 0.6) is 5.75 Å². The maximum atomic E-state index is 14.3. The van der Waals surface area contributed by atoms with Gasteiger partial charge in [-0.15, -0.1) is 0 Å². The molecule has 2 N–H and O–H groups in total. The summed E-state index contributed by atoms with van der Waals surface area (Å²) < 4.78 is 24.8. The van der Waals surface area contributed by atoms with Gasteiger partial charge in [-0.1, -0.05) is 0 Å². The van der Waals surface area contributed by atoms with Gasteiger partial charge in [0, 0.05) is 25.0 Å². The smallest absolute Gasteiger partial charge is 0.428 e. The lowest BCUT2D eigenvalue weighted by molar-refractivity contribution is 0.159. The minimum Gasteiger partial charge on any atom is -0.491 e. The van der Waals surface area contributed by atoms with Crippen LogP contribution in [0.15, 0.2) is 48.7 Å². The van der Waals surface area contributed by atoms with Crippen molar-refractivity contribution in [3.8, 4) is 5.75 Å². The minimum absolute atomic E-state index is 0.0442. The van der Waals surface area contributed by atoms with Crippen molar-refractivity contribution in [2.75, 3.05) is 29.8 Å². The van der Waals surface area contributed by atoms with Gasteiger partial charge in [-0.05, 0) is 61.9 Å².